The maximum absolute atomic E-state index is 13.1. The molecule has 2 aliphatic heterocycles. The van der Waals surface area contributed by atoms with Gasteiger partial charge in [0.2, 0.25) is 0 Å². The summed E-state index contributed by atoms with van der Waals surface area (Å²) in [4.78, 5) is 26.4. The number of hydrogen-bond acceptors (Lipinski definition) is 4. The van der Waals surface area contributed by atoms with E-state index in [2.05, 4.69) is 5.32 Å². The zero-order valence-electron chi connectivity index (χ0n) is 14.8. The van der Waals surface area contributed by atoms with Crippen molar-refractivity contribution >= 4 is 11.9 Å². The second kappa shape index (κ2) is 6.67. The number of carbonyl (C=O) groups excluding carboxylic acids is 1. The van der Waals surface area contributed by atoms with Crippen molar-refractivity contribution in [3.63, 3.8) is 0 Å². The van der Waals surface area contributed by atoms with E-state index in [1.807, 2.05) is 18.2 Å². The standard InChI is InChI=1S/C19H26N2O4/c1-18(2,25-14-6-4-3-5-7-14)17(24)21-13-19(8-10-20-11-9-19)12-15(21)16(22)23/h3-7,15,20H,8-13H2,1-2H3,(H,22,23)/t15-/m1/s1. The Labute approximate surface area is 148 Å². The quantitative estimate of drug-likeness (QED) is 0.870. The molecule has 6 heteroatoms. The van der Waals surface area contributed by atoms with Gasteiger partial charge in [-0.05, 0) is 63.7 Å². The molecule has 3 rings (SSSR count). The molecule has 0 aromatic heterocycles. The number of amides is 1. The molecule has 0 bridgehead atoms. The van der Waals surface area contributed by atoms with Crippen molar-refractivity contribution in [3.05, 3.63) is 30.3 Å². The number of carboxylic acid groups (broad SMARTS) is 1. The average molecular weight is 346 g/mol. The molecule has 1 aromatic carbocycles. The van der Waals surface area contributed by atoms with Gasteiger partial charge in [0, 0.05) is 6.54 Å². The van der Waals surface area contributed by atoms with Gasteiger partial charge in [-0.1, -0.05) is 18.2 Å². The van der Waals surface area contributed by atoms with Gasteiger partial charge >= 0.3 is 5.97 Å². The molecular formula is C19H26N2O4. The Balaban J connectivity index is 1.79. The summed E-state index contributed by atoms with van der Waals surface area (Å²) in [5.41, 5.74) is -1.21. The van der Waals surface area contributed by atoms with E-state index in [-0.39, 0.29) is 11.3 Å². The number of nitrogens with zero attached hydrogens (tertiary/aromatic N) is 1. The first-order valence-electron chi connectivity index (χ1n) is 8.82. The molecule has 2 N–H and O–H groups in total. The van der Waals surface area contributed by atoms with Crippen LogP contribution < -0.4 is 10.1 Å². The maximum atomic E-state index is 13.1. The summed E-state index contributed by atoms with van der Waals surface area (Å²) >= 11 is 0. The summed E-state index contributed by atoms with van der Waals surface area (Å²) in [6.07, 6.45) is 2.33. The van der Waals surface area contributed by atoms with E-state index in [9.17, 15) is 14.7 Å². The Morgan fingerprint density at radius 2 is 1.88 bits per heavy atom. The Bertz CT molecular complexity index is 638. The van der Waals surface area contributed by atoms with E-state index in [0.29, 0.717) is 18.7 Å². The Hall–Kier alpha value is -2.08. The van der Waals surface area contributed by atoms with Crippen molar-refractivity contribution in [1.82, 2.24) is 10.2 Å². The molecule has 1 atom stereocenters. The van der Waals surface area contributed by atoms with E-state index >= 15 is 0 Å². The molecule has 2 saturated heterocycles. The summed E-state index contributed by atoms with van der Waals surface area (Å²) in [7, 11) is 0. The molecule has 1 amide bonds. The summed E-state index contributed by atoms with van der Waals surface area (Å²) in [6.45, 7) is 5.64. The van der Waals surface area contributed by atoms with E-state index < -0.39 is 17.6 Å². The van der Waals surface area contributed by atoms with Crippen molar-refractivity contribution in [2.24, 2.45) is 5.41 Å². The molecule has 0 unspecified atom stereocenters. The lowest BCUT2D eigenvalue weighted by Crippen LogP contribution is -2.52. The van der Waals surface area contributed by atoms with Crippen LogP contribution >= 0.6 is 0 Å². The van der Waals surface area contributed by atoms with Gasteiger partial charge in [-0.2, -0.15) is 0 Å². The minimum Gasteiger partial charge on any atom is -0.480 e. The van der Waals surface area contributed by atoms with E-state index in [1.165, 1.54) is 4.90 Å². The summed E-state index contributed by atoms with van der Waals surface area (Å²) in [5, 5.41) is 13.0. The van der Waals surface area contributed by atoms with Gasteiger partial charge in [0.25, 0.3) is 5.91 Å². The molecule has 2 fully saturated rings. The molecule has 0 radical (unpaired) electrons. The lowest BCUT2D eigenvalue weighted by Gasteiger charge is -2.35. The fourth-order valence-electron chi connectivity index (χ4n) is 3.98. The first-order valence-corrected chi connectivity index (χ1v) is 8.82. The highest BCUT2D eigenvalue weighted by molar-refractivity contribution is 5.89. The third kappa shape index (κ3) is 3.63. The number of carbonyl (C=O) groups is 2. The van der Waals surface area contributed by atoms with Gasteiger partial charge in [-0.15, -0.1) is 0 Å². The number of nitrogens with one attached hydrogen (secondary N) is 1. The number of rotatable bonds is 4. The second-order valence-corrected chi connectivity index (χ2v) is 7.67. The maximum Gasteiger partial charge on any atom is 0.326 e. The number of para-hydroxylation sites is 1. The average Bonchev–Trinajstić information content (AvgIpc) is 2.94. The fraction of sp³-hybridized carbons (Fsp3) is 0.579. The van der Waals surface area contributed by atoms with Crippen LogP contribution in [0.15, 0.2) is 30.3 Å². The molecule has 25 heavy (non-hydrogen) atoms. The van der Waals surface area contributed by atoms with Crippen molar-refractivity contribution in [2.75, 3.05) is 19.6 Å². The first-order chi connectivity index (χ1) is 11.8. The first kappa shape index (κ1) is 17.7. The number of carboxylic acids is 1. The van der Waals surface area contributed by atoms with Crippen molar-refractivity contribution in [3.8, 4) is 5.75 Å². The molecule has 2 heterocycles. The van der Waals surface area contributed by atoms with Gasteiger partial charge in [0.1, 0.15) is 11.8 Å². The van der Waals surface area contributed by atoms with Gasteiger partial charge < -0.3 is 20.1 Å². The van der Waals surface area contributed by atoms with Crippen molar-refractivity contribution in [1.29, 1.82) is 0 Å². The molecule has 0 saturated carbocycles. The highest BCUT2D eigenvalue weighted by atomic mass is 16.5. The summed E-state index contributed by atoms with van der Waals surface area (Å²) < 4.78 is 5.88. The molecule has 2 aliphatic rings. The number of hydrogen-bond donors (Lipinski definition) is 2. The Morgan fingerprint density at radius 1 is 1.24 bits per heavy atom. The highest BCUT2D eigenvalue weighted by Crippen LogP contribution is 2.43. The predicted octanol–water partition coefficient (Wildman–Crippen LogP) is 1.90. The van der Waals surface area contributed by atoms with E-state index in [0.717, 1.165) is 25.9 Å². The van der Waals surface area contributed by atoms with Crippen molar-refractivity contribution < 1.29 is 19.4 Å². The van der Waals surface area contributed by atoms with Crippen LogP contribution in [0.2, 0.25) is 0 Å². The van der Waals surface area contributed by atoms with Gasteiger partial charge in [-0.25, -0.2) is 4.79 Å². The fourth-order valence-corrected chi connectivity index (χ4v) is 3.98. The number of aliphatic carboxylic acids is 1. The van der Waals surface area contributed by atoms with Crippen LogP contribution in [0.3, 0.4) is 0 Å². The Kier molecular flexibility index (Phi) is 4.73. The molecule has 6 nitrogen and oxygen atoms in total. The number of ether oxygens (including phenoxy) is 1. The van der Waals surface area contributed by atoms with Crippen LogP contribution in [-0.4, -0.2) is 53.2 Å². The smallest absolute Gasteiger partial charge is 0.326 e. The minimum absolute atomic E-state index is 0.0905. The zero-order valence-corrected chi connectivity index (χ0v) is 14.8. The normalized spacial score (nSPS) is 22.8. The van der Waals surface area contributed by atoms with Crippen LogP contribution in [0.5, 0.6) is 5.75 Å². The van der Waals surface area contributed by atoms with Gasteiger partial charge in [0.05, 0.1) is 0 Å². The molecule has 0 aliphatic carbocycles. The van der Waals surface area contributed by atoms with Crippen LogP contribution in [-0.2, 0) is 9.59 Å². The van der Waals surface area contributed by atoms with Crippen LogP contribution in [0.25, 0.3) is 0 Å². The van der Waals surface area contributed by atoms with E-state index in [4.69, 9.17) is 4.74 Å². The van der Waals surface area contributed by atoms with Gasteiger partial charge in [-0.3, -0.25) is 4.79 Å². The summed E-state index contributed by atoms with van der Waals surface area (Å²) in [5.74, 6) is -0.595. The molecular weight excluding hydrogens is 320 g/mol. The number of likely N-dealkylation sites (tertiary alicyclic amines) is 1. The second-order valence-electron chi connectivity index (χ2n) is 7.67. The topological polar surface area (TPSA) is 78.9 Å². The van der Waals surface area contributed by atoms with E-state index in [1.54, 1.807) is 26.0 Å². The SMILES string of the molecule is CC(C)(Oc1ccccc1)C(=O)N1CC2(CCNCC2)C[C@@H]1C(=O)O. The lowest BCUT2D eigenvalue weighted by molar-refractivity contribution is -0.155. The van der Waals surface area contributed by atoms with Crippen LogP contribution in [0.1, 0.15) is 33.1 Å². The number of piperidine rings is 1. The van der Waals surface area contributed by atoms with Crippen molar-refractivity contribution in [2.45, 2.75) is 44.8 Å². The monoisotopic (exact) mass is 346 g/mol. The van der Waals surface area contributed by atoms with Crippen LogP contribution in [0.4, 0.5) is 0 Å². The van der Waals surface area contributed by atoms with Crippen LogP contribution in [0, 0.1) is 5.41 Å². The minimum atomic E-state index is -1.12. The highest BCUT2D eigenvalue weighted by Gasteiger charge is 2.51. The zero-order chi connectivity index (χ0) is 18.1. The molecule has 136 valence electrons. The molecule has 1 spiro atoms. The number of benzene rings is 1. The third-order valence-electron chi connectivity index (χ3n) is 5.35. The molecule has 1 aromatic rings. The third-order valence-corrected chi connectivity index (χ3v) is 5.35. The predicted molar refractivity (Wildman–Crippen MR) is 93.4 cm³/mol. The van der Waals surface area contributed by atoms with Gasteiger partial charge in [0.15, 0.2) is 5.60 Å². The summed E-state index contributed by atoms with van der Waals surface area (Å²) in [6, 6.07) is 8.38. The lowest BCUT2D eigenvalue weighted by atomic mass is 9.77. The largest absolute Gasteiger partial charge is 0.480 e. The Morgan fingerprint density at radius 3 is 2.48 bits per heavy atom.